The van der Waals surface area contributed by atoms with E-state index in [2.05, 4.69) is 45.7 Å². The Labute approximate surface area is 238 Å². The van der Waals surface area contributed by atoms with E-state index in [1.54, 1.807) is 12.1 Å². The molecule has 3 aromatic rings. The molecule has 0 unspecified atom stereocenters. The van der Waals surface area contributed by atoms with Crippen molar-refractivity contribution in [3.05, 3.63) is 95.3 Å². The number of anilines is 1. The Morgan fingerprint density at radius 3 is 2.23 bits per heavy atom. The van der Waals surface area contributed by atoms with Gasteiger partial charge in [0.1, 0.15) is 11.6 Å². The first-order chi connectivity index (χ1) is 18.9. The van der Waals surface area contributed by atoms with E-state index in [1.807, 2.05) is 53.4 Å². The molecule has 0 radical (unpaired) electrons. The number of hydrogen-bond donors (Lipinski definition) is 2. The minimum absolute atomic E-state index is 0.0127. The number of aliphatic hydroxyl groups is 1. The van der Waals surface area contributed by atoms with Gasteiger partial charge in [-0.3, -0.25) is 4.79 Å². The van der Waals surface area contributed by atoms with Crippen LogP contribution in [0.1, 0.15) is 62.4 Å². The first-order valence-electron chi connectivity index (χ1n) is 13.8. The number of aliphatic hydroxyl groups excluding tert-OH is 1. The molecular weight excluding hydrogens is 519 g/mol. The molecule has 1 aliphatic heterocycles. The fourth-order valence-corrected chi connectivity index (χ4v) is 5.76. The molecule has 7 heteroatoms. The van der Waals surface area contributed by atoms with Crippen molar-refractivity contribution in [1.29, 1.82) is 0 Å². The summed E-state index contributed by atoms with van der Waals surface area (Å²) in [6.45, 7) is 11.4. The lowest BCUT2D eigenvalue weighted by Crippen LogP contribution is -2.55. The number of hydrogen-bond acceptors (Lipinski definition) is 4. The van der Waals surface area contributed by atoms with Crippen molar-refractivity contribution in [2.24, 2.45) is 11.7 Å². The largest absolute Gasteiger partial charge is 0.544 e. The van der Waals surface area contributed by atoms with Gasteiger partial charge < -0.3 is 20.2 Å². The van der Waals surface area contributed by atoms with Crippen molar-refractivity contribution in [1.82, 2.24) is 0 Å². The van der Waals surface area contributed by atoms with E-state index in [-0.39, 0.29) is 35.3 Å². The molecule has 1 amide bonds. The topological polar surface area (TPSA) is 75.8 Å². The fraction of sp³-hybridized carbons (Fsp3) is 0.364. The lowest BCUT2D eigenvalue weighted by atomic mass is 9.78. The van der Waals surface area contributed by atoms with Gasteiger partial charge in [0.25, 0.3) is 0 Å². The summed E-state index contributed by atoms with van der Waals surface area (Å²) in [5.74, 6) is 6.07. The van der Waals surface area contributed by atoms with Crippen LogP contribution in [0.15, 0.2) is 72.8 Å². The third kappa shape index (κ3) is 6.47. The van der Waals surface area contributed by atoms with Crippen molar-refractivity contribution in [3.8, 4) is 17.6 Å². The highest BCUT2D eigenvalue weighted by Crippen LogP contribution is 2.47. The highest BCUT2D eigenvalue weighted by atomic mass is 28.4. The Bertz CT molecular complexity index is 1370. The molecule has 0 aliphatic carbocycles. The van der Waals surface area contributed by atoms with Crippen LogP contribution in [0.25, 0.3) is 0 Å². The Balaban J connectivity index is 1.57. The smallest absolute Gasteiger partial charge is 0.250 e. The highest BCUT2D eigenvalue weighted by molar-refractivity contribution is 6.74. The van der Waals surface area contributed by atoms with Crippen LogP contribution in [0, 0.1) is 23.6 Å². The van der Waals surface area contributed by atoms with Crippen molar-refractivity contribution < 1.29 is 18.7 Å². The predicted molar refractivity (Wildman–Crippen MR) is 161 cm³/mol. The Morgan fingerprint density at radius 1 is 1.02 bits per heavy atom. The molecule has 210 valence electrons. The van der Waals surface area contributed by atoms with Crippen LogP contribution in [0.5, 0.6) is 5.75 Å². The molecule has 3 atom stereocenters. The number of nitrogens with zero attached hydrogens (tertiary/aromatic N) is 1. The molecule has 1 aliphatic rings. The monoisotopic (exact) mass is 558 g/mol. The van der Waals surface area contributed by atoms with E-state index in [0.29, 0.717) is 18.4 Å². The summed E-state index contributed by atoms with van der Waals surface area (Å²) in [5, 5.41) is 10.8. The Hall–Kier alpha value is -3.44. The van der Waals surface area contributed by atoms with Gasteiger partial charge in [-0.2, -0.15) is 0 Å². The summed E-state index contributed by atoms with van der Waals surface area (Å²) in [5.41, 5.74) is 8.78. The van der Waals surface area contributed by atoms with Crippen LogP contribution in [-0.2, 0) is 4.79 Å². The van der Waals surface area contributed by atoms with Gasteiger partial charge in [0, 0.05) is 11.3 Å². The van der Waals surface area contributed by atoms with Crippen molar-refractivity contribution in [2.75, 3.05) is 11.4 Å². The second-order valence-electron chi connectivity index (χ2n) is 11.9. The van der Waals surface area contributed by atoms with Gasteiger partial charge in [0.15, 0.2) is 0 Å². The first kappa shape index (κ1) is 29.5. The van der Waals surface area contributed by atoms with E-state index >= 15 is 0 Å². The molecule has 40 heavy (non-hydrogen) atoms. The molecule has 3 N–H and O–H groups in total. The molecule has 3 aromatic carbocycles. The van der Waals surface area contributed by atoms with Gasteiger partial charge in [-0.05, 0) is 90.6 Å². The summed E-state index contributed by atoms with van der Waals surface area (Å²) >= 11 is 0. The van der Waals surface area contributed by atoms with Crippen LogP contribution in [0.3, 0.4) is 0 Å². The van der Waals surface area contributed by atoms with Gasteiger partial charge >= 0.3 is 0 Å². The lowest BCUT2D eigenvalue weighted by Gasteiger charge is -2.48. The maximum Gasteiger partial charge on any atom is 0.250 e. The average Bonchev–Trinajstić information content (AvgIpc) is 2.91. The van der Waals surface area contributed by atoms with Crippen molar-refractivity contribution in [2.45, 2.75) is 63.9 Å². The van der Waals surface area contributed by atoms with Gasteiger partial charge in [0.2, 0.25) is 14.2 Å². The Kier molecular flexibility index (Phi) is 8.84. The van der Waals surface area contributed by atoms with E-state index in [0.717, 1.165) is 22.6 Å². The third-order valence-electron chi connectivity index (χ3n) is 8.10. The summed E-state index contributed by atoms with van der Waals surface area (Å²) in [7, 11) is -1.99. The first-order valence-corrected chi connectivity index (χ1v) is 16.7. The highest BCUT2D eigenvalue weighted by Gasteiger charge is 2.48. The molecule has 4 rings (SSSR count). The molecule has 1 fully saturated rings. The van der Waals surface area contributed by atoms with Crippen LogP contribution >= 0.6 is 0 Å². The third-order valence-corrected chi connectivity index (χ3v) is 12.5. The minimum atomic E-state index is -1.99. The minimum Gasteiger partial charge on any atom is -0.544 e. The van der Waals surface area contributed by atoms with E-state index in [4.69, 9.17) is 10.2 Å². The number of halogens is 1. The summed E-state index contributed by atoms with van der Waals surface area (Å²) in [6.07, 6.45) is 0.122. The van der Waals surface area contributed by atoms with Crippen molar-refractivity contribution in [3.63, 3.8) is 0 Å². The van der Waals surface area contributed by atoms with Crippen molar-refractivity contribution >= 4 is 19.9 Å². The molecule has 0 bridgehead atoms. The number of carbonyl (C=O) groups excluding carboxylic acids is 1. The fourth-order valence-electron chi connectivity index (χ4n) is 4.73. The maximum absolute atomic E-state index is 13.5. The van der Waals surface area contributed by atoms with E-state index in [9.17, 15) is 14.3 Å². The Morgan fingerprint density at radius 2 is 1.65 bits per heavy atom. The molecule has 1 saturated heterocycles. The number of nitrogens with two attached hydrogens (primary N) is 1. The standard InChI is InChI=1S/C33H39FN2O3Si/c1-33(2,3)40(4,5)39-28-18-12-25(13-19-28)31-29(20-21-30(37)24-10-14-26(34)15-11-24)32(38)36(31)27-16-8-23(9-17-27)7-6-22-35/h8-19,29-31,37H,20-22,35H2,1-5H3/t29-,30+,31-/m1/s1. The molecule has 5 nitrogen and oxygen atoms in total. The zero-order valence-corrected chi connectivity index (χ0v) is 24.9. The molecule has 0 aromatic heterocycles. The molecular formula is C33H39FN2O3Si. The van der Waals surface area contributed by atoms with Gasteiger partial charge in [-0.25, -0.2) is 4.39 Å². The number of β-lactam (4-membered cyclic amide) rings is 1. The van der Waals surface area contributed by atoms with Crippen LogP contribution < -0.4 is 15.1 Å². The average molecular weight is 559 g/mol. The zero-order valence-electron chi connectivity index (χ0n) is 23.9. The summed E-state index contributed by atoms with van der Waals surface area (Å²) < 4.78 is 19.8. The lowest BCUT2D eigenvalue weighted by molar-refractivity contribution is -0.131. The van der Waals surface area contributed by atoms with Crippen LogP contribution in [-0.4, -0.2) is 25.9 Å². The normalized spacial score (nSPS) is 18.0. The van der Waals surface area contributed by atoms with Gasteiger partial charge in [-0.15, -0.1) is 0 Å². The number of benzene rings is 3. The van der Waals surface area contributed by atoms with E-state index < -0.39 is 14.4 Å². The molecule has 0 spiro atoms. The maximum atomic E-state index is 13.5. The van der Waals surface area contributed by atoms with Crippen LogP contribution in [0.4, 0.5) is 10.1 Å². The van der Waals surface area contributed by atoms with Gasteiger partial charge in [-0.1, -0.05) is 56.9 Å². The SMILES string of the molecule is CC(C)(C)[Si](C)(C)Oc1ccc([C@@H]2[C@@H](CC[C@H](O)c3ccc(F)cc3)C(=O)N2c2ccc(C#CCN)cc2)cc1. The second kappa shape index (κ2) is 12.0. The predicted octanol–water partition coefficient (Wildman–Crippen LogP) is 6.74. The van der Waals surface area contributed by atoms with Gasteiger partial charge in [0.05, 0.1) is 24.6 Å². The second-order valence-corrected chi connectivity index (χ2v) is 16.6. The van der Waals surface area contributed by atoms with E-state index in [1.165, 1.54) is 12.1 Å². The summed E-state index contributed by atoms with van der Waals surface area (Å²) in [4.78, 5) is 15.3. The van der Waals surface area contributed by atoms with Crippen LogP contribution in [0.2, 0.25) is 18.1 Å². The zero-order chi connectivity index (χ0) is 29.1. The number of rotatable bonds is 8. The molecule has 0 saturated carbocycles. The number of amides is 1. The molecule has 1 heterocycles. The number of carbonyl (C=O) groups is 1. The summed E-state index contributed by atoms with van der Waals surface area (Å²) in [6, 6.07) is 21.3. The quantitative estimate of drug-likeness (QED) is 0.182.